The molecule has 0 atom stereocenters. The van der Waals surface area contributed by atoms with E-state index in [9.17, 15) is 9.18 Å². The van der Waals surface area contributed by atoms with Crippen molar-refractivity contribution < 1.29 is 9.18 Å². The lowest BCUT2D eigenvalue weighted by atomic mass is 10.1. The zero-order chi connectivity index (χ0) is 14.0. The number of nitrogens with zero attached hydrogens (tertiary/aromatic N) is 1. The van der Waals surface area contributed by atoms with Gasteiger partial charge in [0.1, 0.15) is 5.82 Å². The first-order valence-electron chi connectivity index (χ1n) is 5.79. The van der Waals surface area contributed by atoms with Crippen LogP contribution in [-0.4, -0.2) is 13.0 Å². The second-order valence-corrected chi connectivity index (χ2v) is 5.36. The van der Waals surface area contributed by atoms with Crippen LogP contribution in [0, 0.1) is 16.3 Å². The smallest absolute Gasteiger partial charge is 0.259 e. The van der Waals surface area contributed by atoms with Crippen molar-refractivity contribution in [3.05, 3.63) is 63.0 Å². The molecule has 98 valence electrons. The van der Waals surface area contributed by atoms with Gasteiger partial charge in [-0.3, -0.25) is 4.79 Å². The van der Waals surface area contributed by atoms with Crippen molar-refractivity contribution in [1.29, 1.82) is 0 Å². The van der Waals surface area contributed by atoms with Crippen molar-refractivity contribution in [2.45, 2.75) is 6.92 Å². The molecule has 1 amide bonds. The van der Waals surface area contributed by atoms with Gasteiger partial charge in [0.25, 0.3) is 5.91 Å². The highest BCUT2D eigenvalue weighted by molar-refractivity contribution is 14.1. The van der Waals surface area contributed by atoms with E-state index in [-0.39, 0.29) is 11.7 Å². The summed E-state index contributed by atoms with van der Waals surface area (Å²) in [6, 6.07) is 11.5. The van der Waals surface area contributed by atoms with E-state index in [2.05, 4.69) is 22.6 Å². The van der Waals surface area contributed by atoms with Crippen LogP contribution in [0.15, 0.2) is 42.5 Å². The van der Waals surface area contributed by atoms with E-state index < -0.39 is 0 Å². The SMILES string of the molecule is Cc1cccc(C(=O)N(C)c2ccc(F)cc2)c1I. The van der Waals surface area contributed by atoms with Gasteiger partial charge in [0.15, 0.2) is 0 Å². The van der Waals surface area contributed by atoms with Gasteiger partial charge in [-0.15, -0.1) is 0 Å². The first kappa shape index (κ1) is 14.0. The molecule has 0 heterocycles. The maximum atomic E-state index is 12.9. The number of halogens is 2. The summed E-state index contributed by atoms with van der Waals surface area (Å²) in [6.07, 6.45) is 0. The van der Waals surface area contributed by atoms with Crippen LogP contribution in [0.25, 0.3) is 0 Å². The van der Waals surface area contributed by atoms with Crippen LogP contribution >= 0.6 is 22.6 Å². The molecule has 2 aromatic carbocycles. The minimum Gasteiger partial charge on any atom is -0.311 e. The molecule has 0 aromatic heterocycles. The highest BCUT2D eigenvalue weighted by atomic mass is 127. The number of benzene rings is 2. The van der Waals surface area contributed by atoms with Crippen LogP contribution in [0.2, 0.25) is 0 Å². The highest BCUT2D eigenvalue weighted by Gasteiger charge is 2.16. The third kappa shape index (κ3) is 2.94. The molecule has 0 bridgehead atoms. The summed E-state index contributed by atoms with van der Waals surface area (Å²) in [5.41, 5.74) is 2.40. The third-order valence-electron chi connectivity index (χ3n) is 2.94. The van der Waals surface area contributed by atoms with E-state index >= 15 is 0 Å². The van der Waals surface area contributed by atoms with E-state index in [4.69, 9.17) is 0 Å². The Morgan fingerprint density at radius 2 is 1.79 bits per heavy atom. The van der Waals surface area contributed by atoms with Crippen LogP contribution in [0.3, 0.4) is 0 Å². The fourth-order valence-corrected chi connectivity index (χ4v) is 2.37. The van der Waals surface area contributed by atoms with Crippen LogP contribution in [0.4, 0.5) is 10.1 Å². The van der Waals surface area contributed by atoms with Crippen molar-refractivity contribution in [2.24, 2.45) is 0 Å². The molecule has 2 rings (SSSR count). The third-order valence-corrected chi connectivity index (χ3v) is 4.37. The predicted molar refractivity (Wildman–Crippen MR) is 83.0 cm³/mol. The Kier molecular flexibility index (Phi) is 4.19. The molecule has 0 unspecified atom stereocenters. The normalized spacial score (nSPS) is 10.3. The summed E-state index contributed by atoms with van der Waals surface area (Å²) < 4.78 is 13.8. The minimum atomic E-state index is -0.310. The van der Waals surface area contributed by atoms with Crippen molar-refractivity contribution in [2.75, 3.05) is 11.9 Å². The second-order valence-electron chi connectivity index (χ2n) is 4.28. The lowest BCUT2D eigenvalue weighted by molar-refractivity contribution is 0.0992. The van der Waals surface area contributed by atoms with Crippen molar-refractivity contribution >= 4 is 34.2 Å². The van der Waals surface area contributed by atoms with E-state index in [1.807, 2.05) is 19.1 Å². The minimum absolute atomic E-state index is 0.0975. The zero-order valence-electron chi connectivity index (χ0n) is 10.7. The molecule has 19 heavy (non-hydrogen) atoms. The number of amides is 1. The van der Waals surface area contributed by atoms with E-state index in [1.165, 1.54) is 17.0 Å². The number of anilines is 1. The molecule has 0 radical (unpaired) electrons. The number of hydrogen-bond acceptors (Lipinski definition) is 1. The van der Waals surface area contributed by atoms with Crippen molar-refractivity contribution in [3.63, 3.8) is 0 Å². The molecule has 2 nitrogen and oxygen atoms in total. The Balaban J connectivity index is 2.33. The quantitative estimate of drug-likeness (QED) is 0.733. The molecule has 0 N–H and O–H groups in total. The molecule has 0 aliphatic rings. The molecule has 0 saturated carbocycles. The Bertz CT molecular complexity index is 610. The van der Waals surface area contributed by atoms with Crippen molar-refractivity contribution in [3.8, 4) is 0 Å². The largest absolute Gasteiger partial charge is 0.311 e. The van der Waals surface area contributed by atoms with Crippen LogP contribution in [0.5, 0.6) is 0 Å². The van der Waals surface area contributed by atoms with Gasteiger partial charge in [-0.1, -0.05) is 12.1 Å². The summed E-state index contributed by atoms with van der Waals surface area (Å²) >= 11 is 2.17. The Morgan fingerprint density at radius 1 is 1.16 bits per heavy atom. The van der Waals surface area contributed by atoms with Crippen molar-refractivity contribution in [1.82, 2.24) is 0 Å². The number of carbonyl (C=O) groups is 1. The molecular weight excluding hydrogens is 356 g/mol. The maximum absolute atomic E-state index is 12.9. The number of carbonyl (C=O) groups excluding carboxylic acids is 1. The van der Waals surface area contributed by atoms with Gasteiger partial charge in [-0.2, -0.15) is 0 Å². The van der Waals surface area contributed by atoms with Gasteiger partial charge in [0, 0.05) is 16.3 Å². The van der Waals surface area contributed by atoms with Gasteiger partial charge < -0.3 is 4.90 Å². The number of rotatable bonds is 2. The Hall–Kier alpha value is -1.43. The molecule has 0 saturated heterocycles. The summed E-state index contributed by atoms with van der Waals surface area (Å²) in [6.45, 7) is 1.97. The van der Waals surface area contributed by atoms with E-state index in [0.717, 1.165) is 9.13 Å². The molecule has 0 spiro atoms. The highest BCUT2D eigenvalue weighted by Crippen LogP contribution is 2.21. The Labute approximate surface area is 125 Å². The lowest BCUT2D eigenvalue weighted by Crippen LogP contribution is -2.27. The van der Waals surface area contributed by atoms with Crippen LogP contribution in [0.1, 0.15) is 15.9 Å². The van der Waals surface area contributed by atoms with Crippen LogP contribution < -0.4 is 4.90 Å². The van der Waals surface area contributed by atoms with Gasteiger partial charge in [-0.05, 0) is 65.4 Å². The van der Waals surface area contributed by atoms with E-state index in [1.54, 1.807) is 25.2 Å². The average Bonchev–Trinajstić information content (AvgIpc) is 2.41. The number of hydrogen-bond donors (Lipinski definition) is 0. The van der Waals surface area contributed by atoms with Crippen LogP contribution in [-0.2, 0) is 0 Å². The second kappa shape index (κ2) is 5.69. The lowest BCUT2D eigenvalue weighted by Gasteiger charge is -2.18. The molecule has 2 aromatic rings. The summed E-state index contributed by atoms with van der Waals surface area (Å²) in [4.78, 5) is 14.0. The first-order valence-corrected chi connectivity index (χ1v) is 6.87. The summed E-state index contributed by atoms with van der Waals surface area (Å²) in [7, 11) is 1.69. The molecule has 0 aliphatic heterocycles. The summed E-state index contributed by atoms with van der Waals surface area (Å²) in [5.74, 6) is -0.408. The predicted octanol–water partition coefficient (Wildman–Crippen LogP) is 4.02. The molecular formula is C15H13FINO. The monoisotopic (exact) mass is 369 g/mol. The maximum Gasteiger partial charge on any atom is 0.259 e. The summed E-state index contributed by atoms with van der Waals surface area (Å²) in [5, 5.41) is 0. The van der Waals surface area contributed by atoms with Gasteiger partial charge in [0.2, 0.25) is 0 Å². The Morgan fingerprint density at radius 3 is 2.42 bits per heavy atom. The van der Waals surface area contributed by atoms with Gasteiger partial charge in [0.05, 0.1) is 5.56 Å². The van der Waals surface area contributed by atoms with Gasteiger partial charge in [-0.25, -0.2) is 4.39 Å². The van der Waals surface area contributed by atoms with Gasteiger partial charge >= 0.3 is 0 Å². The topological polar surface area (TPSA) is 20.3 Å². The number of aryl methyl sites for hydroxylation is 1. The fourth-order valence-electron chi connectivity index (χ4n) is 1.78. The first-order chi connectivity index (χ1) is 9.00. The average molecular weight is 369 g/mol. The molecule has 0 fully saturated rings. The van der Waals surface area contributed by atoms with E-state index in [0.29, 0.717) is 11.3 Å². The molecule has 4 heteroatoms. The fraction of sp³-hybridized carbons (Fsp3) is 0.133. The molecule has 0 aliphatic carbocycles. The zero-order valence-corrected chi connectivity index (χ0v) is 12.8. The standard InChI is InChI=1S/C15H13FINO/c1-10-4-3-5-13(14(10)17)15(19)18(2)12-8-6-11(16)7-9-12/h3-9H,1-2H3.